The van der Waals surface area contributed by atoms with Crippen molar-refractivity contribution in [3.8, 4) is 5.75 Å². The zero-order chi connectivity index (χ0) is 18.3. The van der Waals surface area contributed by atoms with E-state index in [4.69, 9.17) is 9.47 Å². The molecule has 0 atom stereocenters. The van der Waals surface area contributed by atoms with Crippen LogP contribution in [-0.2, 0) is 11.2 Å². The molecule has 148 valence electrons. The Morgan fingerprint density at radius 2 is 1.78 bits per heavy atom. The molecule has 4 aliphatic rings. The molecule has 2 saturated heterocycles. The fourth-order valence-electron chi connectivity index (χ4n) is 5.45. The minimum Gasteiger partial charge on any atom is -0.487 e. The van der Waals surface area contributed by atoms with Gasteiger partial charge in [-0.2, -0.15) is 0 Å². The van der Waals surface area contributed by atoms with Crippen LogP contribution in [0.2, 0.25) is 0 Å². The molecule has 1 aromatic rings. The molecular weight excluding hydrogens is 336 g/mol. The lowest BCUT2D eigenvalue weighted by molar-refractivity contribution is -0.0336. The molecule has 1 aliphatic carbocycles. The van der Waals surface area contributed by atoms with Crippen molar-refractivity contribution in [3.05, 3.63) is 23.8 Å². The zero-order valence-electron chi connectivity index (χ0n) is 16.8. The standard InChI is InChI=1S/C23H34N2O2/c1-26-21-8-13-24(14-9-21)20-5-6-22-18(17-20)7-10-23(27-22)11-15-25(16-12-23)19-3-2-4-19/h5-6,17,19,21H,2-4,7-16H2,1H3. The van der Waals surface area contributed by atoms with Gasteiger partial charge in [-0.25, -0.2) is 0 Å². The number of hydrogen-bond donors (Lipinski definition) is 0. The van der Waals surface area contributed by atoms with Crippen LogP contribution in [0.3, 0.4) is 0 Å². The lowest BCUT2D eigenvalue weighted by Crippen LogP contribution is -2.53. The number of benzene rings is 1. The normalized spacial score (nSPS) is 26.5. The van der Waals surface area contributed by atoms with Crippen molar-refractivity contribution in [2.24, 2.45) is 0 Å². The van der Waals surface area contributed by atoms with Crippen molar-refractivity contribution in [2.75, 3.05) is 38.2 Å². The van der Waals surface area contributed by atoms with E-state index >= 15 is 0 Å². The SMILES string of the molecule is COC1CCN(c2ccc3c(c2)CCC2(CCN(C4CCC4)CC2)O3)CC1. The van der Waals surface area contributed by atoms with Crippen molar-refractivity contribution in [1.82, 2.24) is 4.90 Å². The van der Waals surface area contributed by atoms with E-state index in [9.17, 15) is 0 Å². The van der Waals surface area contributed by atoms with Crippen molar-refractivity contribution >= 4 is 5.69 Å². The van der Waals surface area contributed by atoms with E-state index in [0.717, 1.165) is 37.7 Å². The Kier molecular flexibility index (Phi) is 4.81. The summed E-state index contributed by atoms with van der Waals surface area (Å²) >= 11 is 0. The van der Waals surface area contributed by atoms with E-state index in [0.29, 0.717) is 6.10 Å². The van der Waals surface area contributed by atoms with Crippen LogP contribution >= 0.6 is 0 Å². The fourth-order valence-corrected chi connectivity index (χ4v) is 5.45. The molecule has 1 saturated carbocycles. The maximum absolute atomic E-state index is 6.65. The van der Waals surface area contributed by atoms with Crippen molar-refractivity contribution in [2.45, 2.75) is 75.5 Å². The highest BCUT2D eigenvalue weighted by molar-refractivity contribution is 5.54. The molecule has 4 heteroatoms. The Hall–Kier alpha value is -1.26. The number of piperidine rings is 2. The minimum atomic E-state index is 0.103. The van der Waals surface area contributed by atoms with Crippen LogP contribution in [0, 0.1) is 0 Å². The van der Waals surface area contributed by atoms with E-state index in [2.05, 4.69) is 28.0 Å². The number of aryl methyl sites for hydroxylation is 1. The Bertz CT molecular complexity index is 656. The first-order chi connectivity index (χ1) is 13.2. The fraction of sp³-hybridized carbons (Fsp3) is 0.739. The molecule has 4 nitrogen and oxygen atoms in total. The second-order valence-corrected chi connectivity index (χ2v) is 9.12. The average molecular weight is 371 g/mol. The van der Waals surface area contributed by atoms with Gasteiger partial charge in [0.2, 0.25) is 0 Å². The van der Waals surface area contributed by atoms with Crippen LogP contribution in [0.1, 0.15) is 56.9 Å². The molecule has 0 aromatic heterocycles. The third kappa shape index (κ3) is 3.47. The second kappa shape index (κ2) is 7.29. The first-order valence-corrected chi connectivity index (χ1v) is 11.1. The molecule has 3 heterocycles. The van der Waals surface area contributed by atoms with Gasteiger partial charge in [-0.05, 0) is 75.1 Å². The summed E-state index contributed by atoms with van der Waals surface area (Å²) in [5, 5.41) is 0. The minimum absolute atomic E-state index is 0.103. The Labute approximate surface area is 163 Å². The number of anilines is 1. The van der Waals surface area contributed by atoms with Gasteiger partial charge in [-0.1, -0.05) is 6.42 Å². The van der Waals surface area contributed by atoms with Gasteiger partial charge in [-0.15, -0.1) is 0 Å². The topological polar surface area (TPSA) is 24.9 Å². The van der Waals surface area contributed by atoms with Crippen LogP contribution in [-0.4, -0.2) is 55.9 Å². The molecule has 27 heavy (non-hydrogen) atoms. The molecule has 1 aromatic carbocycles. The maximum atomic E-state index is 6.65. The van der Waals surface area contributed by atoms with Gasteiger partial charge < -0.3 is 19.3 Å². The molecular formula is C23H34N2O2. The number of fused-ring (bicyclic) bond motifs is 1. The average Bonchev–Trinajstić information content (AvgIpc) is 2.68. The van der Waals surface area contributed by atoms with Crippen LogP contribution in [0.25, 0.3) is 0 Å². The molecule has 0 radical (unpaired) electrons. The van der Waals surface area contributed by atoms with E-state index in [1.165, 1.54) is 69.3 Å². The highest BCUT2D eigenvalue weighted by atomic mass is 16.5. The van der Waals surface area contributed by atoms with E-state index in [1.54, 1.807) is 0 Å². The first-order valence-electron chi connectivity index (χ1n) is 11.1. The van der Waals surface area contributed by atoms with Gasteiger partial charge in [0.25, 0.3) is 0 Å². The zero-order valence-corrected chi connectivity index (χ0v) is 16.8. The van der Waals surface area contributed by atoms with Gasteiger partial charge in [0.1, 0.15) is 11.4 Å². The summed E-state index contributed by atoms with van der Waals surface area (Å²) in [6, 6.07) is 7.78. The quantitative estimate of drug-likeness (QED) is 0.802. The Morgan fingerprint density at radius 3 is 2.44 bits per heavy atom. The Balaban J connectivity index is 1.23. The van der Waals surface area contributed by atoms with E-state index in [1.807, 2.05) is 7.11 Å². The number of methoxy groups -OCH3 is 1. The van der Waals surface area contributed by atoms with Crippen LogP contribution < -0.4 is 9.64 Å². The van der Waals surface area contributed by atoms with Crippen LogP contribution in [0.5, 0.6) is 5.75 Å². The largest absolute Gasteiger partial charge is 0.487 e. The number of likely N-dealkylation sites (tertiary alicyclic amines) is 1. The lowest BCUT2D eigenvalue weighted by Gasteiger charge is -2.48. The summed E-state index contributed by atoms with van der Waals surface area (Å²) in [7, 11) is 1.84. The van der Waals surface area contributed by atoms with Crippen molar-refractivity contribution in [3.63, 3.8) is 0 Å². The van der Waals surface area contributed by atoms with Gasteiger partial charge in [0.05, 0.1) is 6.10 Å². The van der Waals surface area contributed by atoms with E-state index < -0.39 is 0 Å². The van der Waals surface area contributed by atoms with Crippen LogP contribution in [0.15, 0.2) is 18.2 Å². The number of hydrogen-bond acceptors (Lipinski definition) is 4. The summed E-state index contributed by atoms with van der Waals surface area (Å²) < 4.78 is 12.2. The molecule has 3 fully saturated rings. The molecule has 0 N–H and O–H groups in total. The first kappa shape index (κ1) is 17.8. The van der Waals surface area contributed by atoms with Crippen molar-refractivity contribution in [1.29, 1.82) is 0 Å². The predicted molar refractivity (Wildman–Crippen MR) is 109 cm³/mol. The van der Waals surface area contributed by atoms with Crippen LogP contribution in [0.4, 0.5) is 5.69 Å². The monoisotopic (exact) mass is 370 g/mol. The number of rotatable bonds is 3. The highest BCUT2D eigenvalue weighted by Gasteiger charge is 2.41. The summed E-state index contributed by atoms with van der Waals surface area (Å²) in [4.78, 5) is 5.23. The van der Waals surface area contributed by atoms with Gasteiger partial charge in [0, 0.05) is 45.0 Å². The second-order valence-electron chi connectivity index (χ2n) is 9.12. The molecule has 5 rings (SSSR count). The highest BCUT2D eigenvalue weighted by Crippen LogP contribution is 2.42. The molecule has 0 unspecified atom stereocenters. The summed E-state index contributed by atoms with van der Waals surface area (Å²) in [5.74, 6) is 1.15. The van der Waals surface area contributed by atoms with Gasteiger partial charge in [0.15, 0.2) is 0 Å². The third-order valence-electron chi connectivity index (χ3n) is 7.66. The van der Waals surface area contributed by atoms with Crippen molar-refractivity contribution < 1.29 is 9.47 Å². The summed E-state index contributed by atoms with van der Waals surface area (Å²) in [6.45, 7) is 4.65. The molecule has 0 bridgehead atoms. The third-order valence-corrected chi connectivity index (χ3v) is 7.66. The van der Waals surface area contributed by atoms with E-state index in [-0.39, 0.29) is 5.60 Å². The molecule has 3 aliphatic heterocycles. The molecule has 1 spiro atoms. The summed E-state index contributed by atoms with van der Waals surface area (Å²) in [5.41, 5.74) is 2.88. The maximum Gasteiger partial charge on any atom is 0.123 e. The summed E-state index contributed by atoms with van der Waals surface area (Å²) in [6.07, 6.45) is 11.7. The Morgan fingerprint density at radius 1 is 1.00 bits per heavy atom. The number of nitrogens with zero attached hydrogens (tertiary/aromatic N) is 2. The smallest absolute Gasteiger partial charge is 0.123 e. The van der Waals surface area contributed by atoms with Gasteiger partial charge in [-0.3, -0.25) is 0 Å². The lowest BCUT2D eigenvalue weighted by atomic mass is 9.81. The number of ether oxygens (including phenoxy) is 2. The molecule has 0 amide bonds. The van der Waals surface area contributed by atoms with Gasteiger partial charge >= 0.3 is 0 Å². The predicted octanol–water partition coefficient (Wildman–Crippen LogP) is 4.01.